The molecule has 2 rings (SSSR count). The van der Waals surface area contributed by atoms with Crippen LogP contribution in [0.15, 0.2) is 46.2 Å². The Kier molecular flexibility index (Phi) is 7.93. The predicted molar refractivity (Wildman–Crippen MR) is 116 cm³/mol. The third kappa shape index (κ3) is 6.95. The number of hydrogen-bond donors (Lipinski definition) is 6. The van der Waals surface area contributed by atoms with Gasteiger partial charge in [-0.25, -0.2) is 0 Å². The molecule has 0 unspecified atom stereocenters. The van der Waals surface area contributed by atoms with E-state index in [-0.39, 0.29) is 24.5 Å². The molecule has 0 fully saturated rings. The Balaban J connectivity index is 2.48. The van der Waals surface area contributed by atoms with E-state index in [1.165, 1.54) is 0 Å². The molecule has 0 saturated heterocycles. The number of anilines is 2. The smallest absolute Gasteiger partial charge is 0.323 e. The molecule has 2 aromatic carbocycles. The molecule has 0 radical (unpaired) electrons. The van der Waals surface area contributed by atoms with Gasteiger partial charge in [-0.2, -0.15) is 16.8 Å². The van der Waals surface area contributed by atoms with E-state index in [2.05, 4.69) is 0 Å². The van der Waals surface area contributed by atoms with Crippen LogP contribution >= 0.6 is 0 Å². The molecule has 0 atom stereocenters. The monoisotopic (exact) mass is 520 g/mol. The highest BCUT2D eigenvalue weighted by atomic mass is 32.2. The molecule has 0 bridgehead atoms. The number of hydrogen-bond acceptors (Lipinski definition) is 10. The fourth-order valence-corrected chi connectivity index (χ4v) is 3.97. The maximum absolute atomic E-state index is 11.4. The summed E-state index contributed by atoms with van der Waals surface area (Å²) in [7, 11) is -9.41. The molecule has 0 heterocycles. The molecule has 0 spiro atoms. The van der Waals surface area contributed by atoms with E-state index in [1.54, 1.807) is 0 Å². The number of phenols is 2. The summed E-state index contributed by atoms with van der Waals surface area (Å²) in [5.74, 6) is -3.90. The number of benzene rings is 2. The fraction of sp³-hybridized carbons (Fsp3) is 0.222. The van der Waals surface area contributed by atoms with E-state index in [9.17, 15) is 56.0 Å². The molecule has 34 heavy (non-hydrogen) atoms. The van der Waals surface area contributed by atoms with Crippen molar-refractivity contribution >= 4 is 43.5 Å². The van der Waals surface area contributed by atoms with Crippen molar-refractivity contribution < 1.29 is 56.0 Å². The fourth-order valence-electron chi connectivity index (χ4n) is 2.97. The van der Waals surface area contributed by atoms with Gasteiger partial charge in [-0.15, -0.1) is 0 Å². The molecule has 0 aliphatic carbocycles. The maximum Gasteiger partial charge on any atom is 0.323 e. The summed E-state index contributed by atoms with van der Waals surface area (Å²) in [5, 5.41) is 38.7. The highest BCUT2D eigenvalue weighted by molar-refractivity contribution is 7.86. The molecule has 0 aliphatic heterocycles. The number of rotatable bonds is 11. The van der Waals surface area contributed by atoms with Crippen LogP contribution in [-0.2, 0) is 29.8 Å². The quantitative estimate of drug-likeness (QED) is 0.215. The van der Waals surface area contributed by atoms with Crippen molar-refractivity contribution in [2.75, 3.05) is 36.0 Å². The molecule has 186 valence electrons. The third-order valence-electron chi connectivity index (χ3n) is 4.46. The van der Waals surface area contributed by atoms with Crippen LogP contribution in [-0.4, -0.2) is 84.5 Å². The first-order valence-corrected chi connectivity index (χ1v) is 12.0. The number of aliphatic carboxylic acids is 2. The zero-order valence-corrected chi connectivity index (χ0v) is 18.8. The summed E-state index contributed by atoms with van der Waals surface area (Å²) in [6.45, 7) is -2.34. The van der Waals surface area contributed by atoms with Crippen molar-refractivity contribution in [2.45, 2.75) is 9.79 Å². The molecule has 14 nitrogen and oxygen atoms in total. The lowest BCUT2D eigenvalue weighted by Crippen LogP contribution is -2.40. The minimum absolute atomic E-state index is 0.316. The summed E-state index contributed by atoms with van der Waals surface area (Å²) in [6, 6.07) is 5.19. The van der Waals surface area contributed by atoms with E-state index in [4.69, 9.17) is 0 Å². The van der Waals surface area contributed by atoms with Crippen molar-refractivity contribution in [2.24, 2.45) is 0 Å². The van der Waals surface area contributed by atoms with Crippen molar-refractivity contribution in [3.63, 3.8) is 0 Å². The van der Waals surface area contributed by atoms with Gasteiger partial charge < -0.3 is 30.2 Å². The minimum atomic E-state index is -4.71. The molecule has 2 aromatic rings. The van der Waals surface area contributed by atoms with Gasteiger partial charge >= 0.3 is 11.9 Å². The maximum atomic E-state index is 11.4. The van der Waals surface area contributed by atoms with Gasteiger partial charge in [0.05, 0.1) is 21.2 Å². The van der Waals surface area contributed by atoms with Gasteiger partial charge in [-0.1, -0.05) is 0 Å². The molecular formula is C18H20N2O12S2. The van der Waals surface area contributed by atoms with Gasteiger partial charge in [0.1, 0.15) is 24.6 Å². The lowest BCUT2D eigenvalue weighted by molar-refractivity contribution is -0.136. The number of aromatic hydroxyl groups is 2. The zero-order valence-electron chi connectivity index (χ0n) is 17.1. The molecule has 6 N–H and O–H groups in total. The Morgan fingerprint density at radius 2 is 1.00 bits per heavy atom. The first-order chi connectivity index (χ1) is 15.6. The third-order valence-corrected chi connectivity index (χ3v) is 6.16. The summed E-state index contributed by atoms with van der Waals surface area (Å²) in [6.07, 6.45) is 0. The van der Waals surface area contributed by atoms with Gasteiger partial charge in [0.25, 0.3) is 20.2 Å². The van der Waals surface area contributed by atoms with Gasteiger partial charge in [0, 0.05) is 13.1 Å². The standard InChI is InChI=1S/C18H20N2O12S2/c21-15-3-1-11(33(27,28)29)7-13(15)19(9-17(23)24)5-6-20(10-18(25)26)14-8-12(34(30,31)32)2-4-16(14)22/h1-4,7-8,21-22H,5-6,9-10H2,(H,23,24)(H,25,26)(H,27,28,29)(H,30,31,32). The average molecular weight is 520 g/mol. The van der Waals surface area contributed by atoms with Gasteiger partial charge in [0.15, 0.2) is 0 Å². The molecular weight excluding hydrogens is 500 g/mol. The average Bonchev–Trinajstić information content (AvgIpc) is 2.68. The van der Waals surface area contributed by atoms with E-state index >= 15 is 0 Å². The van der Waals surface area contributed by atoms with Crippen LogP contribution in [0.1, 0.15) is 0 Å². The summed E-state index contributed by atoms with van der Waals surface area (Å²) in [5.41, 5.74) is -0.632. The van der Waals surface area contributed by atoms with Crippen LogP contribution in [0.5, 0.6) is 11.5 Å². The second kappa shape index (κ2) is 10.1. The minimum Gasteiger partial charge on any atom is -0.506 e. The number of carbonyl (C=O) groups is 2. The zero-order chi connectivity index (χ0) is 25.8. The first-order valence-electron chi connectivity index (χ1n) is 9.14. The highest BCUT2D eigenvalue weighted by Crippen LogP contribution is 2.32. The second-order valence-corrected chi connectivity index (χ2v) is 9.72. The lowest BCUT2D eigenvalue weighted by atomic mass is 10.2. The molecule has 16 heteroatoms. The second-order valence-electron chi connectivity index (χ2n) is 6.88. The molecule has 0 aromatic heterocycles. The summed E-state index contributed by atoms with van der Waals surface area (Å²) in [4.78, 5) is 23.3. The molecule has 0 saturated carbocycles. The summed E-state index contributed by atoms with van der Waals surface area (Å²) >= 11 is 0. The lowest BCUT2D eigenvalue weighted by Gasteiger charge is -2.29. The van der Waals surface area contributed by atoms with Gasteiger partial charge in [0.2, 0.25) is 0 Å². The van der Waals surface area contributed by atoms with Crippen LogP contribution < -0.4 is 9.80 Å². The van der Waals surface area contributed by atoms with Crippen LogP contribution in [0.4, 0.5) is 11.4 Å². The van der Waals surface area contributed by atoms with Crippen molar-refractivity contribution in [1.82, 2.24) is 0 Å². The summed E-state index contributed by atoms with van der Waals surface area (Å²) < 4.78 is 64.2. The van der Waals surface area contributed by atoms with Crippen LogP contribution in [0, 0.1) is 0 Å². The van der Waals surface area contributed by atoms with E-state index in [0.717, 1.165) is 46.2 Å². The van der Waals surface area contributed by atoms with Gasteiger partial charge in [-0.05, 0) is 36.4 Å². The Labute approximate surface area is 193 Å². The van der Waals surface area contributed by atoms with Crippen molar-refractivity contribution in [3.05, 3.63) is 36.4 Å². The molecule has 0 amide bonds. The first kappa shape index (κ1) is 26.7. The van der Waals surface area contributed by atoms with E-state index < -0.39 is 66.6 Å². The number of carboxylic acids is 2. The normalized spacial score (nSPS) is 11.7. The van der Waals surface area contributed by atoms with E-state index in [1.807, 2.05) is 0 Å². The predicted octanol–water partition coefficient (Wildman–Crippen LogP) is 0.0734. The SMILES string of the molecule is O=C(O)CN(CCN(CC(=O)O)c1cc(S(=O)(=O)O)ccc1O)c1cc(S(=O)(=O)O)ccc1O. The Bertz CT molecular complexity index is 1210. The number of nitrogens with zero attached hydrogens (tertiary/aromatic N) is 2. The number of carboxylic acid groups (broad SMARTS) is 2. The Morgan fingerprint density at radius 1 is 0.676 bits per heavy atom. The Morgan fingerprint density at radius 3 is 1.26 bits per heavy atom. The largest absolute Gasteiger partial charge is 0.506 e. The Hall–Kier alpha value is -3.60. The van der Waals surface area contributed by atoms with Crippen molar-refractivity contribution in [1.29, 1.82) is 0 Å². The van der Waals surface area contributed by atoms with E-state index in [0.29, 0.717) is 0 Å². The van der Waals surface area contributed by atoms with Crippen LogP contribution in [0.25, 0.3) is 0 Å². The highest BCUT2D eigenvalue weighted by Gasteiger charge is 2.23. The molecule has 0 aliphatic rings. The van der Waals surface area contributed by atoms with Crippen LogP contribution in [0.3, 0.4) is 0 Å². The number of phenolic OH excluding ortho intramolecular Hbond substituents is 2. The van der Waals surface area contributed by atoms with Gasteiger partial charge in [-0.3, -0.25) is 18.7 Å². The van der Waals surface area contributed by atoms with Crippen molar-refractivity contribution in [3.8, 4) is 11.5 Å². The van der Waals surface area contributed by atoms with Crippen LogP contribution in [0.2, 0.25) is 0 Å². The topological polar surface area (TPSA) is 230 Å².